The summed E-state index contributed by atoms with van der Waals surface area (Å²) in [6.45, 7) is 2.68. The highest BCUT2D eigenvalue weighted by Crippen LogP contribution is 2.43. The van der Waals surface area contributed by atoms with Crippen LogP contribution < -0.4 is 10.6 Å². The number of aryl methyl sites for hydroxylation is 1. The summed E-state index contributed by atoms with van der Waals surface area (Å²) in [6, 6.07) is 3.98. The molecule has 2 atom stereocenters. The maximum absolute atomic E-state index is 13.8. The monoisotopic (exact) mass is 478 g/mol. The zero-order valence-corrected chi connectivity index (χ0v) is 17.2. The van der Waals surface area contributed by atoms with Crippen molar-refractivity contribution in [2.45, 2.75) is 38.3 Å². The van der Waals surface area contributed by atoms with Gasteiger partial charge in [0, 0.05) is 35.6 Å². The lowest BCUT2D eigenvalue weighted by Gasteiger charge is -2.11. The minimum atomic E-state index is -0.484. The molecule has 8 heteroatoms. The Balaban J connectivity index is 0.00000225. The molecule has 4 nitrogen and oxygen atoms in total. The summed E-state index contributed by atoms with van der Waals surface area (Å²) >= 11 is 1.67. The zero-order chi connectivity index (χ0) is 17.1. The molecule has 2 unspecified atom stereocenters. The second-order valence-corrected chi connectivity index (χ2v) is 6.93. The SMILES string of the molecule is CCc1cnc(CNC(=NC)NC2CC2c2c(F)cccc2F)s1.I. The molecular weight excluding hydrogens is 457 g/mol. The third-order valence-electron chi connectivity index (χ3n) is 4.06. The van der Waals surface area contributed by atoms with Crippen molar-refractivity contribution < 1.29 is 8.78 Å². The molecule has 0 radical (unpaired) electrons. The first-order valence-electron chi connectivity index (χ1n) is 7.97. The molecule has 0 spiro atoms. The van der Waals surface area contributed by atoms with Gasteiger partial charge in [0.1, 0.15) is 16.6 Å². The fraction of sp³-hybridized carbons (Fsp3) is 0.412. The lowest BCUT2D eigenvalue weighted by Crippen LogP contribution is -2.38. The van der Waals surface area contributed by atoms with Gasteiger partial charge in [-0.15, -0.1) is 35.3 Å². The van der Waals surface area contributed by atoms with E-state index in [-0.39, 0.29) is 41.5 Å². The number of halogens is 3. The van der Waals surface area contributed by atoms with Crippen molar-refractivity contribution in [2.24, 2.45) is 4.99 Å². The van der Waals surface area contributed by atoms with Crippen LogP contribution in [0.1, 0.15) is 34.7 Å². The molecule has 2 aromatic rings. The molecule has 1 aromatic heterocycles. The van der Waals surface area contributed by atoms with Gasteiger partial charge in [-0.2, -0.15) is 0 Å². The summed E-state index contributed by atoms with van der Waals surface area (Å²) in [5.74, 6) is -0.506. The van der Waals surface area contributed by atoms with Gasteiger partial charge in [-0.25, -0.2) is 13.8 Å². The summed E-state index contributed by atoms with van der Waals surface area (Å²) in [4.78, 5) is 9.76. The number of hydrogen-bond acceptors (Lipinski definition) is 3. The number of thiazole rings is 1. The van der Waals surface area contributed by atoms with Crippen molar-refractivity contribution in [1.82, 2.24) is 15.6 Å². The molecule has 1 heterocycles. The van der Waals surface area contributed by atoms with E-state index in [0.29, 0.717) is 18.9 Å². The third kappa shape index (κ3) is 4.87. The van der Waals surface area contributed by atoms with Crippen LogP contribution in [-0.4, -0.2) is 24.0 Å². The fourth-order valence-corrected chi connectivity index (χ4v) is 3.46. The number of guanidine groups is 1. The lowest BCUT2D eigenvalue weighted by atomic mass is 10.1. The van der Waals surface area contributed by atoms with E-state index in [4.69, 9.17) is 0 Å². The van der Waals surface area contributed by atoms with Gasteiger partial charge < -0.3 is 10.6 Å². The van der Waals surface area contributed by atoms with Crippen LogP contribution in [0.15, 0.2) is 29.4 Å². The molecule has 0 aliphatic heterocycles. The maximum atomic E-state index is 13.8. The summed E-state index contributed by atoms with van der Waals surface area (Å²) in [5, 5.41) is 7.40. The predicted octanol–water partition coefficient (Wildman–Crippen LogP) is 3.82. The molecule has 1 aromatic carbocycles. The summed E-state index contributed by atoms with van der Waals surface area (Å²) < 4.78 is 27.6. The molecule has 1 aliphatic carbocycles. The first-order valence-corrected chi connectivity index (χ1v) is 8.78. The average Bonchev–Trinajstić information content (AvgIpc) is 3.15. The van der Waals surface area contributed by atoms with E-state index in [1.165, 1.54) is 23.1 Å². The number of benzene rings is 1. The topological polar surface area (TPSA) is 49.3 Å². The van der Waals surface area contributed by atoms with E-state index in [0.717, 1.165) is 11.4 Å². The minimum Gasteiger partial charge on any atom is -0.353 e. The summed E-state index contributed by atoms with van der Waals surface area (Å²) in [6.07, 6.45) is 3.55. The van der Waals surface area contributed by atoms with Crippen LogP contribution in [0.3, 0.4) is 0 Å². The molecule has 136 valence electrons. The van der Waals surface area contributed by atoms with Gasteiger partial charge in [-0.05, 0) is 25.0 Å². The lowest BCUT2D eigenvalue weighted by molar-refractivity contribution is 0.553. The molecule has 0 bridgehead atoms. The van der Waals surface area contributed by atoms with Gasteiger partial charge in [0.2, 0.25) is 0 Å². The minimum absolute atomic E-state index is 0. The Morgan fingerprint density at radius 1 is 1.36 bits per heavy atom. The van der Waals surface area contributed by atoms with E-state index in [1.807, 2.05) is 6.20 Å². The van der Waals surface area contributed by atoms with E-state index < -0.39 is 11.6 Å². The van der Waals surface area contributed by atoms with Gasteiger partial charge in [0.25, 0.3) is 0 Å². The third-order valence-corrected chi connectivity index (χ3v) is 5.21. The average molecular weight is 478 g/mol. The standard InChI is InChI=1S/C17H20F2N4S.HI/c1-3-10-8-21-15(24-10)9-22-17(20-2)23-14-7-11(14)16-12(18)5-4-6-13(16)19;/h4-6,8,11,14H,3,7,9H2,1-2H3,(H2,20,22,23);1H. The van der Waals surface area contributed by atoms with Gasteiger partial charge in [-0.3, -0.25) is 4.99 Å². The van der Waals surface area contributed by atoms with Crippen LogP contribution in [-0.2, 0) is 13.0 Å². The zero-order valence-electron chi connectivity index (χ0n) is 14.1. The normalized spacial score (nSPS) is 19.3. The highest BCUT2D eigenvalue weighted by Gasteiger charge is 2.42. The second-order valence-electron chi connectivity index (χ2n) is 5.73. The van der Waals surface area contributed by atoms with Crippen LogP contribution in [0.5, 0.6) is 0 Å². The molecule has 25 heavy (non-hydrogen) atoms. The van der Waals surface area contributed by atoms with Crippen molar-refractivity contribution >= 4 is 41.3 Å². The molecule has 2 N–H and O–H groups in total. The molecule has 1 aliphatic rings. The maximum Gasteiger partial charge on any atom is 0.191 e. The van der Waals surface area contributed by atoms with Crippen LogP contribution in [0.4, 0.5) is 8.78 Å². The van der Waals surface area contributed by atoms with Crippen LogP contribution in [0, 0.1) is 11.6 Å². The van der Waals surface area contributed by atoms with Crippen LogP contribution in [0.2, 0.25) is 0 Å². The number of hydrogen-bond donors (Lipinski definition) is 2. The highest BCUT2D eigenvalue weighted by atomic mass is 127. The van der Waals surface area contributed by atoms with E-state index in [1.54, 1.807) is 18.4 Å². The Morgan fingerprint density at radius 3 is 2.68 bits per heavy atom. The molecule has 0 saturated heterocycles. The Kier molecular flexibility index (Phi) is 7.12. The number of nitrogens with zero attached hydrogens (tertiary/aromatic N) is 2. The van der Waals surface area contributed by atoms with Gasteiger partial charge in [0.05, 0.1) is 6.54 Å². The highest BCUT2D eigenvalue weighted by molar-refractivity contribution is 14.0. The first kappa shape index (κ1) is 20.0. The van der Waals surface area contributed by atoms with Crippen molar-refractivity contribution in [2.75, 3.05) is 7.05 Å². The van der Waals surface area contributed by atoms with E-state index in [9.17, 15) is 8.78 Å². The fourth-order valence-electron chi connectivity index (χ4n) is 2.66. The predicted molar refractivity (Wildman–Crippen MR) is 108 cm³/mol. The molecule has 3 rings (SSSR count). The van der Waals surface area contributed by atoms with Crippen molar-refractivity contribution in [3.8, 4) is 0 Å². The van der Waals surface area contributed by atoms with Gasteiger partial charge in [-0.1, -0.05) is 13.0 Å². The van der Waals surface area contributed by atoms with Crippen LogP contribution in [0.25, 0.3) is 0 Å². The molecule has 0 amide bonds. The van der Waals surface area contributed by atoms with Crippen molar-refractivity contribution in [3.05, 3.63) is 51.5 Å². The number of rotatable bonds is 5. The number of aromatic nitrogens is 1. The number of aliphatic imine (C=N–C) groups is 1. The smallest absolute Gasteiger partial charge is 0.191 e. The molecular formula is C17H21F2IN4S. The van der Waals surface area contributed by atoms with E-state index in [2.05, 4.69) is 27.5 Å². The Bertz CT molecular complexity index is 730. The Hall–Kier alpha value is -1.29. The molecule has 1 saturated carbocycles. The van der Waals surface area contributed by atoms with Crippen LogP contribution >= 0.6 is 35.3 Å². The quantitative estimate of drug-likeness (QED) is 0.391. The van der Waals surface area contributed by atoms with Gasteiger partial charge >= 0.3 is 0 Å². The second kappa shape index (κ2) is 8.88. The van der Waals surface area contributed by atoms with Crippen molar-refractivity contribution in [3.63, 3.8) is 0 Å². The first-order chi connectivity index (χ1) is 11.6. The Labute approximate surface area is 167 Å². The molecule has 1 fully saturated rings. The summed E-state index contributed by atoms with van der Waals surface area (Å²) in [5.41, 5.74) is 0.165. The van der Waals surface area contributed by atoms with Gasteiger partial charge in [0.15, 0.2) is 5.96 Å². The summed E-state index contributed by atoms with van der Waals surface area (Å²) in [7, 11) is 1.68. The number of nitrogens with one attached hydrogen (secondary N) is 2. The largest absolute Gasteiger partial charge is 0.353 e. The van der Waals surface area contributed by atoms with Crippen molar-refractivity contribution in [1.29, 1.82) is 0 Å². The Morgan fingerprint density at radius 2 is 2.08 bits per heavy atom. The van der Waals surface area contributed by atoms with E-state index >= 15 is 0 Å².